The van der Waals surface area contributed by atoms with Crippen molar-refractivity contribution in [3.05, 3.63) is 48.2 Å². The number of carbonyl (C=O) groups excluding carboxylic acids is 1. The Bertz CT molecular complexity index is 989. The Morgan fingerprint density at radius 2 is 2.00 bits per heavy atom. The van der Waals surface area contributed by atoms with Gasteiger partial charge in [0, 0.05) is 11.6 Å². The van der Waals surface area contributed by atoms with Crippen molar-refractivity contribution in [2.45, 2.75) is 11.8 Å². The van der Waals surface area contributed by atoms with E-state index in [1.165, 1.54) is 12.1 Å². The van der Waals surface area contributed by atoms with Gasteiger partial charge in [-0.2, -0.15) is 0 Å². The first-order chi connectivity index (χ1) is 10.4. The van der Waals surface area contributed by atoms with E-state index in [9.17, 15) is 13.2 Å². The number of sulfonamides is 1. The lowest BCUT2D eigenvalue weighted by Gasteiger charge is -2.01. The SMILES string of the molecule is CCOC(=O)c1c2ccc(S(N)(=O)=O)cc2n2ccccc12. The number of hydrogen-bond donors (Lipinski definition) is 1. The number of esters is 1. The van der Waals surface area contributed by atoms with Crippen molar-refractivity contribution in [3.8, 4) is 0 Å². The third-order valence-electron chi connectivity index (χ3n) is 3.42. The number of hydrogen-bond acceptors (Lipinski definition) is 4. The molecule has 0 fully saturated rings. The summed E-state index contributed by atoms with van der Waals surface area (Å²) in [5.74, 6) is -0.440. The summed E-state index contributed by atoms with van der Waals surface area (Å²) >= 11 is 0. The molecular formula is C15H14N2O4S. The van der Waals surface area contributed by atoms with E-state index in [0.29, 0.717) is 22.0 Å². The number of primary sulfonamides is 1. The molecule has 0 aliphatic carbocycles. The molecule has 0 spiro atoms. The fourth-order valence-electron chi connectivity index (χ4n) is 2.51. The molecule has 2 heterocycles. The first-order valence-electron chi connectivity index (χ1n) is 6.66. The summed E-state index contributed by atoms with van der Waals surface area (Å²) in [6.07, 6.45) is 1.76. The molecule has 0 saturated carbocycles. The van der Waals surface area contributed by atoms with Gasteiger partial charge in [0.15, 0.2) is 0 Å². The number of fused-ring (bicyclic) bond motifs is 3. The predicted octanol–water partition coefficient (Wildman–Crippen LogP) is 1.92. The van der Waals surface area contributed by atoms with E-state index in [1.807, 2.05) is 0 Å². The van der Waals surface area contributed by atoms with E-state index in [4.69, 9.17) is 9.88 Å². The topological polar surface area (TPSA) is 90.9 Å². The van der Waals surface area contributed by atoms with Crippen LogP contribution < -0.4 is 5.14 Å². The molecule has 7 heteroatoms. The Labute approximate surface area is 127 Å². The van der Waals surface area contributed by atoms with Crippen LogP contribution in [0.25, 0.3) is 16.4 Å². The van der Waals surface area contributed by atoms with Gasteiger partial charge >= 0.3 is 5.97 Å². The zero-order chi connectivity index (χ0) is 15.9. The van der Waals surface area contributed by atoms with Crippen LogP contribution >= 0.6 is 0 Å². The smallest absolute Gasteiger partial charge is 0.340 e. The van der Waals surface area contributed by atoms with E-state index in [1.54, 1.807) is 41.8 Å². The van der Waals surface area contributed by atoms with Crippen LogP contribution in [0.5, 0.6) is 0 Å². The summed E-state index contributed by atoms with van der Waals surface area (Å²) < 4.78 is 29.9. The van der Waals surface area contributed by atoms with Crippen molar-refractivity contribution in [1.29, 1.82) is 0 Å². The highest BCUT2D eigenvalue weighted by Crippen LogP contribution is 2.29. The van der Waals surface area contributed by atoms with Gasteiger partial charge in [0.25, 0.3) is 0 Å². The largest absolute Gasteiger partial charge is 0.462 e. The van der Waals surface area contributed by atoms with E-state index in [2.05, 4.69) is 0 Å². The molecule has 2 N–H and O–H groups in total. The van der Waals surface area contributed by atoms with Crippen LogP contribution in [-0.4, -0.2) is 25.4 Å². The van der Waals surface area contributed by atoms with Crippen LogP contribution in [0.3, 0.4) is 0 Å². The van der Waals surface area contributed by atoms with Crippen LogP contribution in [0.1, 0.15) is 17.3 Å². The van der Waals surface area contributed by atoms with Crippen molar-refractivity contribution in [3.63, 3.8) is 0 Å². The number of pyridine rings is 1. The van der Waals surface area contributed by atoms with Crippen LogP contribution in [0.15, 0.2) is 47.5 Å². The lowest BCUT2D eigenvalue weighted by molar-refractivity contribution is 0.0531. The number of nitrogens with zero attached hydrogens (tertiary/aromatic N) is 1. The first-order valence-corrected chi connectivity index (χ1v) is 8.21. The van der Waals surface area contributed by atoms with Gasteiger partial charge in [0.2, 0.25) is 10.0 Å². The van der Waals surface area contributed by atoms with Crippen LogP contribution in [0.2, 0.25) is 0 Å². The fourth-order valence-corrected chi connectivity index (χ4v) is 3.05. The van der Waals surface area contributed by atoms with Gasteiger partial charge in [-0.3, -0.25) is 0 Å². The molecule has 22 heavy (non-hydrogen) atoms. The fraction of sp³-hybridized carbons (Fsp3) is 0.133. The molecule has 2 aromatic heterocycles. The third kappa shape index (κ3) is 2.24. The third-order valence-corrected chi connectivity index (χ3v) is 4.33. The minimum atomic E-state index is -3.81. The van der Waals surface area contributed by atoms with Gasteiger partial charge in [-0.25, -0.2) is 18.4 Å². The summed E-state index contributed by atoms with van der Waals surface area (Å²) in [6, 6.07) is 9.81. The van der Waals surface area contributed by atoms with Crippen LogP contribution in [0, 0.1) is 0 Å². The lowest BCUT2D eigenvalue weighted by atomic mass is 10.1. The number of nitrogens with two attached hydrogens (primary N) is 1. The maximum atomic E-state index is 12.2. The van der Waals surface area contributed by atoms with Crippen molar-refractivity contribution in [2.24, 2.45) is 5.14 Å². The number of rotatable bonds is 3. The average molecular weight is 318 g/mol. The van der Waals surface area contributed by atoms with Crippen LogP contribution in [0.4, 0.5) is 0 Å². The molecular weight excluding hydrogens is 304 g/mol. The average Bonchev–Trinajstić information content (AvgIpc) is 2.80. The highest BCUT2D eigenvalue weighted by Gasteiger charge is 2.20. The highest BCUT2D eigenvalue weighted by molar-refractivity contribution is 7.89. The zero-order valence-electron chi connectivity index (χ0n) is 11.8. The van der Waals surface area contributed by atoms with Crippen molar-refractivity contribution in [2.75, 3.05) is 6.61 Å². The molecule has 114 valence electrons. The molecule has 0 bridgehead atoms. The minimum Gasteiger partial charge on any atom is -0.462 e. The van der Waals surface area contributed by atoms with Gasteiger partial charge in [-0.05, 0) is 31.2 Å². The molecule has 3 aromatic rings. The van der Waals surface area contributed by atoms with Crippen molar-refractivity contribution >= 4 is 32.4 Å². The van der Waals surface area contributed by atoms with Gasteiger partial charge in [0.05, 0.1) is 28.1 Å². The van der Waals surface area contributed by atoms with Gasteiger partial charge in [-0.15, -0.1) is 0 Å². The number of benzene rings is 1. The van der Waals surface area contributed by atoms with E-state index < -0.39 is 16.0 Å². The van der Waals surface area contributed by atoms with Crippen molar-refractivity contribution < 1.29 is 17.9 Å². The van der Waals surface area contributed by atoms with Gasteiger partial charge in [-0.1, -0.05) is 12.1 Å². The molecule has 0 aliphatic heterocycles. The second-order valence-corrected chi connectivity index (χ2v) is 6.34. The second kappa shape index (κ2) is 5.11. The maximum Gasteiger partial charge on any atom is 0.340 e. The first kappa shape index (κ1) is 14.6. The summed E-state index contributed by atoms with van der Waals surface area (Å²) in [7, 11) is -3.81. The Hall–Kier alpha value is -2.38. The maximum absolute atomic E-state index is 12.2. The lowest BCUT2D eigenvalue weighted by Crippen LogP contribution is -2.11. The predicted molar refractivity (Wildman–Crippen MR) is 82.2 cm³/mol. The zero-order valence-corrected chi connectivity index (χ0v) is 12.6. The second-order valence-electron chi connectivity index (χ2n) is 4.78. The monoisotopic (exact) mass is 318 g/mol. The normalized spacial score (nSPS) is 11.9. The van der Waals surface area contributed by atoms with E-state index in [-0.39, 0.29) is 11.5 Å². The molecule has 0 unspecified atom stereocenters. The minimum absolute atomic E-state index is 0.00124. The molecule has 0 aliphatic rings. The number of ether oxygens (including phenoxy) is 1. The summed E-state index contributed by atoms with van der Waals surface area (Å²) in [5.41, 5.74) is 1.66. The standard InChI is InChI=1S/C15H14N2O4S/c1-2-21-15(18)14-11-7-6-10(22(16,19)20)9-13(11)17-8-4-3-5-12(14)17/h3-9H,2H2,1H3,(H2,16,19,20). The van der Waals surface area contributed by atoms with Crippen molar-refractivity contribution in [1.82, 2.24) is 4.40 Å². The summed E-state index contributed by atoms with van der Waals surface area (Å²) in [4.78, 5) is 12.2. The molecule has 0 atom stereocenters. The quantitative estimate of drug-likeness (QED) is 0.747. The Kier molecular flexibility index (Phi) is 3.38. The molecule has 0 saturated heterocycles. The summed E-state index contributed by atoms with van der Waals surface area (Å²) in [6.45, 7) is 2.00. The van der Waals surface area contributed by atoms with Gasteiger partial charge in [0.1, 0.15) is 0 Å². The van der Waals surface area contributed by atoms with Crippen LogP contribution in [-0.2, 0) is 14.8 Å². The number of carbonyl (C=O) groups is 1. The van der Waals surface area contributed by atoms with E-state index in [0.717, 1.165) is 0 Å². The molecule has 6 nitrogen and oxygen atoms in total. The Morgan fingerprint density at radius 1 is 1.23 bits per heavy atom. The molecule has 1 aromatic carbocycles. The summed E-state index contributed by atoms with van der Waals surface area (Å²) in [5, 5.41) is 5.80. The molecule has 0 amide bonds. The highest BCUT2D eigenvalue weighted by atomic mass is 32.2. The number of aromatic nitrogens is 1. The Morgan fingerprint density at radius 3 is 2.68 bits per heavy atom. The molecule has 3 rings (SSSR count). The van der Waals surface area contributed by atoms with Gasteiger partial charge < -0.3 is 9.14 Å². The van der Waals surface area contributed by atoms with E-state index >= 15 is 0 Å². The molecule has 0 radical (unpaired) electrons. The Balaban J connectivity index is 2.41.